The number of amidine groups is 1. The lowest BCUT2D eigenvalue weighted by Gasteiger charge is -2.10. The molecule has 1 unspecified atom stereocenters. The highest BCUT2D eigenvalue weighted by Gasteiger charge is 2.33. The lowest BCUT2D eigenvalue weighted by Crippen LogP contribution is -2.26. The Kier molecular flexibility index (Phi) is 4.21. The van der Waals surface area contributed by atoms with Crippen molar-refractivity contribution in [3.8, 4) is 0 Å². The molecule has 2 N–H and O–H groups in total. The van der Waals surface area contributed by atoms with Crippen LogP contribution in [-0.2, 0) is 17.4 Å². The van der Waals surface area contributed by atoms with E-state index in [-0.39, 0.29) is 11.6 Å². The van der Waals surface area contributed by atoms with Gasteiger partial charge in [-0.3, -0.25) is 4.79 Å². The lowest BCUT2D eigenvalue weighted by molar-refractivity contribution is -0.137. The van der Waals surface area contributed by atoms with Crippen molar-refractivity contribution >= 4 is 28.9 Å². The number of rotatable bonds is 2. The number of thioether (sulfide) groups is 1. The SMILES string of the molecule is O=C(O)N=C1NC(=O)C(Cc2cccc(C(F)(F)F)c2)S1. The molecule has 21 heavy (non-hydrogen) atoms. The zero-order valence-electron chi connectivity index (χ0n) is 10.3. The van der Waals surface area contributed by atoms with Gasteiger partial charge >= 0.3 is 12.3 Å². The van der Waals surface area contributed by atoms with Gasteiger partial charge in [-0.25, -0.2) is 4.79 Å². The number of nitrogens with zero attached hydrogens (tertiary/aromatic N) is 1. The van der Waals surface area contributed by atoms with Gasteiger partial charge in [0.1, 0.15) is 0 Å². The number of nitrogens with one attached hydrogen (secondary N) is 1. The summed E-state index contributed by atoms with van der Waals surface area (Å²) in [6, 6.07) is 4.67. The normalized spacial score (nSPS) is 20.6. The molecule has 112 valence electrons. The number of carbonyl (C=O) groups excluding carboxylic acids is 1. The average Bonchev–Trinajstić information content (AvgIpc) is 2.68. The molecule has 9 heteroatoms. The Labute approximate surface area is 121 Å². The number of hydrogen-bond acceptors (Lipinski definition) is 3. The molecule has 1 fully saturated rings. The van der Waals surface area contributed by atoms with Gasteiger partial charge in [-0.1, -0.05) is 30.0 Å². The first-order chi connectivity index (χ1) is 9.75. The summed E-state index contributed by atoms with van der Waals surface area (Å²) in [5.74, 6) is -0.475. The highest BCUT2D eigenvalue weighted by atomic mass is 32.2. The average molecular weight is 318 g/mol. The van der Waals surface area contributed by atoms with E-state index < -0.39 is 29.0 Å². The van der Waals surface area contributed by atoms with E-state index in [0.29, 0.717) is 5.56 Å². The van der Waals surface area contributed by atoms with Crippen molar-refractivity contribution < 1.29 is 27.9 Å². The largest absolute Gasteiger partial charge is 0.463 e. The Bertz CT molecular complexity index is 616. The quantitative estimate of drug-likeness (QED) is 0.878. The van der Waals surface area contributed by atoms with E-state index in [1.54, 1.807) is 0 Å². The minimum absolute atomic E-state index is 0.0546. The van der Waals surface area contributed by atoms with Gasteiger partial charge in [0, 0.05) is 0 Å². The zero-order valence-corrected chi connectivity index (χ0v) is 11.2. The standard InChI is InChI=1S/C12H9F3N2O3S/c13-12(14,15)7-3-1-2-6(4-7)5-8-9(18)16-10(21-8)17-11(19)20/h1-4,8H,5H2,(H,19,20)(H,16,17,18). The van der Waals surface area contributed by atoms with E-state index in [9.17, 15) is 22.8 Å². The Morgan fingerprint density at radius 1 is 1.43 bits per heavy atom. The van der Waals surface area contributed by atoms with Crippen LogP contribution in [0.5, 0.6) is 0 Å². The molecule has 0 spiro atoms. The molecule has 0 aromatic heterocycles. The van der Waals surface area contributed by atoms with Crippen LogP contribution in [0.4, 0.5) is 18.0 Å². The molecule has 1 aromatic rings. The van der Waals surface area contributed by atoms with Crippen LogP contribution in [0, 0.1) is 0 Å². The predicted octanol–water partition coefficient (Wildman–Crippen LogP) is 2.51. The third-order valence-electron chi connectivity index (χ3n) is 2.65. The number of amides is 2. The second-order valence-electron chi connectivity index (χ2n) is 4.20. The van der Waals surface area contributed by atoms with Crippen molar-refractivity contribution in [2.24, 2.45) is 4.99 Å². The molecule has 0 radical (unpaired) electrons. The molecule has 2 rings (SSSR count). The van der Waals surface area contributed by atoms with Crippen molar-refractivity contribution in [3.05, 3.63) is 35.4 Å². The van der Waals surface area contributed by atoms with E-state index in [1.165, 1.54) is 12.1 Å². The summed E-state index contributed by atoms with van der Waals surface area (Å²) in [4.78, 5) is 25.2. The molecule has 0 aliphatic carbocycles. The van der Waals surface area contributed by atoms with E-state index >= 15 is 0 Å². The summed E-state index contributed by atoms with van der Waals surface area (Å²) in [5.41, 5.74) is -0.447. The fourth-order valence-corrected chi connectivity index (χ4v) is 2.77. The van der Waals surface area contributed by atoms with Gasteiger partial charge in [0.2, 0.25) is 5.91 Å². The van der Waals surface area contributed by atoms with Crippen LogP contribution in [0.25, 0.3) is 0 Å². The number of benzene rings is 1. The van der Waals surface area contributed by atoms with Gasteiger partial charge in [0.05, 0.1) is 10.8 Å². The number of alkyl halides is 3. The Hall–Kier alpha value is -2.03. The van der Waals surface area contributed by atoms with Crippen molar-refractivity contribution in [2.45, 2.75) is 17.8 Å². The van der Waals surface area contributed by atoms with Crippen LogP contribution in [0.2, 0.25) is 0 Å². The molecule has 5 nitrogen and oxygen atoms in total. The molecule has 1 saturated heterocycles. The second-order valence-corrected chi connectivity index (χ2v) is 5.39. The zero-order chi connectivity index (χ0) is 15.6. The molecule has 0 bridgehead atoms. The monoisotopic (exact) mass is 318 g/mol. The smallest absolute Gasteiger partial charge is 0.433 e. The summed E-state index contributed by atoms with van der Waals surface area (Å²) >= 11 is 0.883. The maximum atomic E-state index is 12.6. The van der Waals surface area contributed by atoms with Crippen LogP contribution in [0.3, 0.4) is 0 Å². The molecule has 1 aromatic carbocycles. The Balaban J connectivity index is 2.12. The lowest BCUT2D eigenvalue weighted by atomic mass is 10.1. The van der Waals surface area contributed by atoms with Crippen molar-refractivity contribution in [1.29, 1.82) is 0 Å². The van der Waals surface area contributed by atoms with Gasteiger partial charge in [-0.05, 0) is 18.1 Å². The van der Waals surface area contributed by atoms with E-state index in [0.717, 1.165) is 23.9 Å². The van der Waals surface area contributed by atoms with Gasteiger partial charge in [0.15, 0.2) is 5.17 Å². The maximum absolute atomic E-state index is 12.6. The molecule has 1 atom stereocenters. The number of aliphatic imine (C=N–C) groups is 1. The molecular weight excluding hydrogens is 309 g/mol. The third kappa shape index (κ3) is 3.97. The summed E-state index contributed by atoms with van der Waals surface area (Å²) in [6.45, 7) is 0. The molecular formula is C12H9F3N2O3S. The molecule has 1 aliphatic rings. The highest BCUT2D eigenvalue weighted by molar-refractivity contribution is 8.15. The first kappa shape index (κ1) is 15.4. The number of hydrogen-bond donors (Lipinski definition) is 2. The van der Waals surface area contributed by atoms with Crippen LogP contribution >= 0.6 is 11.8 Å². The fraction of sp³-hybridized carbons (Fsp3) is 0.250. The van der Waals surface area contributed by atoms with E-state index in [4.69, 9.17) is 5.11 Å². The summed E-state index contributed by atoms with van der Waals surface area (Å²) < 4.78 is 37.8. The minimum Gasteiger partial charge on any atom is -0.463 e. The third-order valence-corrected chi connectivity index (χ3v) is 3.73. The summed E-state index contributed by atoms with van der Waals surface area (Å²) in [7, 11) is 0. The maximum Gasteiger partial charge on any atom is 0.433 e. The van der Waals surface area contributed by atoms with E-state index in [2.05, 4.69) is 10.3 Å². The second kappa shape index (κ2) is 5.76. The Morgan fingerprint density at radius 3 is 2.76 bits per heavy atom. The van der Waals surface area contributed by atoms with Gasteiger partial charge < -0.3 is 10.4 Å². The molecule has 1 aliphatic heterocycles. The number of carboxylic acid groups (broad SMARTS) is 1. The van der Waals surface area contributed by atoms with Crippen LogP contribution < -0.4 is 5.32 Å². The fourth-order valence-electron chi connectivity index (χ4n) is 1.77. The van der Waals surface area contributed by atoms with Crippen LogP contribution in [-0.4, -0.2) is 27.5 Å². The van der Waals surface area contributed by atoms with Gasteiger partial charge in [-0.15, -0.1) is 0 Å². The molecule has 2 amide bonds. The summed E-state index contributed by atoms with van der Waals surface area (Å²) in [5, 5.41) is 9.99. The van der Waals surface area contributed by atoms with Crippen molar-refractivity contribution in [3.63, 3.8) is 0 Å². The minimum atomic E-state index is -4.45. The topological polar surface area (TPSA) is 78.8 Å². The highest BCUT2D eigenvalue weighted by Crippen LogP contribution is 2.31. The predicted molar refractivity (Wildman–Crippen MR) is 70.1 cm³/mol. The number of halogens is 3. The van der Waals surface area contributed by atoms with Crippen molar-refractivity contribution in [2.75, 3.05) is 0 Å². The number of carbonyl (C=O) groups is 2. The van der Waals surface area contributed by atoms with Crippen LogP contribution in [0.1, 0.15) is 11.1 Å². The molecule has 0 saturated carbocycles. The first-order valence-corrected chi connectivity index (χ1v) is 6.59. The van der Waals surface area contributed by atoms with Gasteiger partial charge in [0.25, 0.3) is 0 Å². The van der Waals surface area contributed by atoms with Crippen molar-refractivity contribution in [1.82, 2.24) is 5.32 Å². The van der Waals surface area contributed by atoms with Crippen LogP contribution in [0.15, 0.2) is 29.3 Å². The Morgan fingerprint density at radius 2 is 2.14 bits per heavy atom. The first-order valence-electron chi connectivity index (χ1n) is 5.71. The molecule has 1 heterocycles. The van der Waals surface area contributed by atoms with Gasteiger partial charge in [-0.2, -0.15) is 18.2 Å². The van der Waals surface area contributed by atoms with E-state index in [1.807, 2.05) is 0 Å². The summed E-state index contributed by atoms with van der Waals surface area (Å²) in [6.07, 6.45) is -5.84.